The zero-order valence-corrected chi connectivity index (χ0v) is 19.1. The fraction of sp³-hybridized carbons (Fsp3) is 0.810. The first-order chi connectivity index (χ1) is 14.5. The molecule has 0 aliphatic carbocycles. The highest BCUT2D eigenvalue weighted by molar-refractivity contribution is 5.94. The van der Waals surface area contributed by atoms with Gasteiger partial charge in [0.2, 0.25) is 17.7 Å². The van der Waals surface area contributed by atoms with Gasteiger partial charge in [0.25, 0.3) is 0 Å². The summed E-state index contributed by atoms with van der Waals surface area (Å²) in [5.74, 6) is -3.42. The van der Waals surface area contributed by atoms with Crippen molar-refractivity contribution < 1.29 is 29.4 Å². The number of carbonyl (C=O) groups is 4. The number of carboxylic acids is 1. The van der Waals surface area contributed by atoms with Crippen LogP contribution in [0.4, 0.5) is 0 Å². The molecule has 1 fully saturated rings. The summed E-state index contributed by atoms with van der Waals surface area (Å²) in [6.07, 6.45) is 1.42. The molecule has 0 saturated carbocycles. The first-order valence-electron chi connectivity index (χ1n) is 11.1. The van der Waals surface area contributed by atoms with E-state index in [9.17, 15) is 29.4 Å². The highest BCUT2D eigenvalue weighted by atomic mass is 16.4. The van der Waals surface area contributed by atoms with Crippen LogP contribution in [0.15, 0.2) is 0 Å². The number of hydrogen-bond acceptors (Lipinski definition) is 6. The molecule has 31 heavy (non-hydrogen) atoms. The second kappa shape index (κ2) is 12.6. The molecule has 0 radical (unpaired) electrons. The van der Waals surface area contributed by atoms with Gasteiger partial charge < -0.3 is 31.5 Å². The maximum atomic E-state index is 12.9. The van der Waals surface area contributed by atoms with Crippen LogP contribution in [0.5, 0.6) is 0 Å². The van der Waals surface area contributed by atoms with E-state index in [-0.39, 0.29) is 17.7 Å². The molecule has 10 nitrogen and oxygen atoms in total. The summed E-state index contributed by atoms with van der Waals surface area (Å²) in [6.45, 7) is 9.26. The fourth-order valence-corrected chi connectivity index (χ4v) is 3.44. The first kappa shape index (κ1) is 26.8. The number of hydrogen-bond donors (Lipinski definition) is 6. The minimum atomic E-state index is -1.24. The van der Waals surface area contributed by atoms with Gasteiger partial charge in [-0.2, -0.15) is 0 Å². The van der Waals surface area contributed by atoms with Crippen molar-refractivity contribution in [1.82, 2.24) is 21.3 Å². The van der Waals surface area contributed by atoms with E-state index >= 15 is 0 Å². The van der Waals surface area contributed by atoms with E-state index in [1.54, 1.807) is 13.8 Å². The molecule has 1 rings (SSSR count). The van der Waals surface area contributed by atoms with Gasteiger partial charge in [-0.3, -0.25) is 14.4 Å². The maximum Gasteiger partial charge on any atom is 0.326 e. The topological polar surface area (TPSA) is 157 Å². The Balaban J connectivity index is 2.94. The molecule has 7 atom stereocenters. The normalized spacial score (nSPS) is 21.8. The van der Waals surface area contributed by atoms with E-state index in [4.69, 9.17) is 0 Å². The van der Waals surface area contributed by atoms with Crippen molar-refractivity contribution in [3.63, 3.8) is 0 Å². The third kappa shape index (κ3) is 7.77. The van der Waals surface area contributed by atoms with E-state index in [0.29, 0.717) is 25.8 Å². The van der Waals surface area contributed by atoms with E-state index in [2.05, 4.69) is 21.3 Å². The Labute approximate surface area is 183 Å². The van der Waals surface area contributed by atoms with Crippen molar-refractivity contribution in [1.29, 1.82) is 0 Å². The zero-order valence-electron chi connectivity index (χ0n) is 19.1. The van der Waals surface area contributed by atoms with E-state index in [1.807, 2.05) is 13.8 Å². The van der Waals surface area contributed by atoms with Gasteiger partial charge in [-0.1, -0.05) is 40.5 Å². The van der Waals surface area contributed by atoms with E-state index in [0.717, 1.165) is 6.42 Å². The molecule has 1 aliphatic heterocycles. The molecule has 1 heterocycles. The second-order valence-electron chi connectivity index (χ2n) is 8.46. The van der Waals surface area contributed by atoms with Gasteiger partial charge in [0.05, 0.1) is 12.1 Å². The SMILES string of the molecule is CCC(C)C(NC(=O)C(NC(=O)C(NC(=O)C1CCCN1)C(C)O)C(C)CC)C(=O)O. The summed E-state index contributed by atoms with van der Waals surface area (Å²) < 4.78 is 0. The number of carboxylic acid groups (broad SMARTS) is 1. The van der Waals surface area contributed by atoms with Crippen molar-refractivity contribution in [3.05, 3.63) is 0 Å². The Morgan fingerprint density at radius 1 is 0.903 bits per heavy atom. The molecule has 0 aromatic carbocycles. The molecule has 178 valence electrons. The summed E-state index contributed by atoms with van der Waals surface area (Å²) in [5.41, 5.74) is 0. The lowest BCUT2D eigenvalue weighted by Crippen LogP contribution is -2.61. The van der Waals surface area contributed by atoms with Crippen LogP contribution < -0.4 is 21.3 Å². The van der Waals surface area contributed by atoms with Crippen molar-refractivity contribution in [2.24, 2.45) is 11.8 Å². The Morgan fingerprint density at radius 3 is 1.87 bits per heavy atom. The molecule has 0 spiro atoms. The number of carbonyl (C=O) groups excluding carboxylic acids is 3. The molecule has 10 heteroatoms. The van der Waals surface area contributed by atoms with Crippen molar-refractivity contribution in [2.75, 3.05) is 6.54 Å². The molecule has 1 saturated heterocycles. The molecule has 7 unspecified atom stereocenters. The van der Waals surface area contributed by atoms with Gasteiger partial charge in [-0.25, -0.2) is 4.79 Å². The summed E-state index contributed by atoms with van der Waals surface area (Å²) in [5, 5.41) is 30.2. The number of rotatable bonds is 12. The molecule has 0 aromatic heterocycles. The van der Waals surface area contributed by atoms with Gasteiger partial charge in [0.15, 0.2) is 0 Å². The van der Waals surface area contributed by atoms with Gasteiger partial charge in [0.1, 0.15) is 18.1 Å². The lowest BCUT2D eigenvalue weighted by Gasteiger charge is -2.29. The lowest BCUT2D eigenvalue weighted by atomic mass is 9.95. The van der Waals surface area contributed by atoms with Crippen LogP contribution in [0.3, 0.4) is 0 Å². The minimum Gasteiger partial charge on any atom is -0.480 e. The Hall–Kier alpha value is -2.20. The molecule has 6 N–H and O–H groups in total. The van der Waals surface area contributed by atoms with Gasteiger partial charge >= 0.3 is 5.97 Å². The van der Waals surface area contributed by atoms with Gasteiger partial charge in [0, 0.05) is 0 Å². The van der Waals surface area contributed by atoms with Gasteiger partial charge in [-0.05, 0) is 38.1 Å². The Bertz CT molecular complexity index is 635. The predicted molar refractivity (Wildman–Crippen MR) is 115 cm³/mol. The average Bonchev–Trinajstić information content (AvgIpc) is 3.26. The van der Waals surface area contributed by atoms with Crippen molar-refractivity contribution >= 4 is 23.7 Å². The second-order valence-corrected chi connectivity index (χ2v) is 8.46. The summed E-state index contributed by atoms with van der Waals surface area (Å²) in [7, 11) is 0. The minimum absolute atomic E-state index is 0.293. The number of nitrogens with one attached hydrogen (secondary N) is 4. The summed E-state index contributed by atoms with van der Waals surface area (Å²) in [6, 6.07) is -3.75. The number of aliphatic hydroxyl groups excluding tert-OH is 1. The number of aliphatic hydroxyl groups is 1. The third-order valence-electron chi connectivity index (χ3n) is 6.01. The standard InChI is InChI=1S/C21H38N4O6/c1-6-11(3)15(19(28)24-16(21(30)31)12(4)7-2)23-20(29)17(13(5)26)25-18(27)14-9-8-10-22-14/h11-17,22,26H,6-10H2,1-5H3,(H,23,29)(H,24,28)(H,25,27)(H,30,31). The largest absolute Gasteiger partial charge is 0.480 e. The van der Waals surface area contributed by atoms with E-state index in [1.165, 1.54) is 6.92 Å². The smallest absolute Gasteiger partial charge is 0.326 e. The molecular weight excluding hydrogens is 404 g/mol. The van der Waals surface area contributed by atoms with Crippen LogP contribution in [0, 0.1) is 11.8 Å². The highest BCUT2D eigenvalue weighted by Gasteiger charge is 2.35. The van der Waals surface area contributed by atoms with Crippen LogP contribution in [0.2, 0.25) is 0 Å². The van der Waals surface area contributed by atoms with Crippen molar-refractivity contribution in [3.8, 4) is 0 Å². The molecule has 0 bridgehead atoms. The maximum absolute atomic E-state index is 12.9. The first-order valence-corrected chi connectivity index (χ1v) is 11.1. The highest BCUT2D eigenvalue weighted by Crippen LogP contribution is 2.13. The Kier molecular flexibility index (Phi) is 10.9. The van der Waals surface area contributed by atoms with Gasteiger partial charge in [-0.15, -0.1) is 0 Å². The van der Waals surface area contributed by atoms with Crippen LogP contribution in [0.25, 0.3) is 0 Å². The van der Waals surface area contributed by atoms with Crippen LogP contribution in [-0.2, 0) is 19.2 Å². The van der Waals surface area contributed by atoms with E-state index < -0.39 is 48.1 Å². The van der Waals surface area contributed by atoms with Crippen molar-refractivity contribution in [2.45, 2.75) is 90.6 Å². The molecule has 0 aromatic rings. The van der Waals surface area contributed by atoms with Crippen LogP contribution in [-0.4, -0.2) is 70.7 Å². The third-order valence-corrected chi connectivity index (χ3v) is 6.01. The Morgan fingerprint density at radius 2 is 1.42 bits per heavy atom. The molecule has 1 aliphatic rings. The fourth-order valence-electron chi connectivity index (χ4n) is 3.44. The predicted octanol–water partition coefficient (Wildman–Crippen LogP) is -0.250. The molecule has 3 amide bonds. The summed E-state index contributed by atoms with van der Waals surface area (Å²) in [4.78, 5) is 49.7. The molecular formula is C21H38N4O6. The quantitative estimate of drug-likeness (QED) is 0.243. The number of aliphatic carboxylic acids is 1. The zero-order chi connectivity index (χ0) is 23.7. The van der Waals surface area contributed by atoms with Crippen LogP contribution in [0.1, 0.15) is 60.3 Å². The lowest BCUT2D eigenvalue weighted by molar-refractivity contribution is -0.144. The van der Waals surface area contributed by atoms with Crippen LogP contribution >= 0.6 is 0 Å². The summed E-state index contributed by atoms with van der Waals surface area (Å²) >= 11 is 0. The average molecular weight is 443 g/mol. The monoisotopic (exact) mass is 442 g/mol. The number of amides is 3.